The summed E-state index contributed by atoms with van der Waals surface area (Å²) in [4.78, 5) is 28.2. The van der Waals surface area contributed by atoms with Crippen molar-refractivity contribution in [1.82, 2.24) is 19.1 Å². The van der Waals surface area contributed by atoms with E-state index in [0.29, 0.717) is 11.4 Å². The fraction of sp³-hybridized carbons (Fsp3) is 0.182. The first-order valence-electron chi connectivity index (χ1n) is 10.8. The number of rotatable bonds is 11. The van der Waals surface area contributed by atoms with Crippen LogP contribution >= 0.6 is 15.6 Å². The van der Waals surface area contributed by atoms with Gasteiger partial charge >= 0.3 is 15.6 Å². The molecule has 0 saturated carbocycles. The lowest BCUT2D eigenvalue weighted by molar-refractivity contribution is 0.211. The van der Waals surface area contributed by atoms with Crippen molar-refractivity contribution in [2.24, 2.45) is 0 Å². The predicted molar refractivity (Wildman–Crippen MR) is 130 cm³/mol. The molecule has 2 unspecified atom stereocenters. The van der Waals surface area contributed by atoms with Gasteiger partial charge in [-0.3, -0.25) is 28.8 Å². The van der Waals surface area contributed by atoms with E-state index in [-0.39, 0.29) is 24.7 Å². The molecule has 0 saturated heterocycles. The normalized spacial score (nSPS) is 14.7. The maximum absolute atomic E-state index is 11.9. The number of phosphoric ester groups is 2. The molecular weight excluding hydrogens is 510 g/mol. The van der Waals surface area contributed by atoms with Crippen molar-refractivity contribution in [3.63, 3.8) is 0 Å². The maximum atomic E-state index is 11.9. The van der Waals surface area contributed by atoms with Gasteiger partial charge in [-0.05, 0) is 50.2 Å². The Morgan fingerprint density at radius 1 is 0.750 bits per heavy atom. The largest absolute Gasteiger partial charge is 0.527 e. The van der Waals surface area contributed by atoms with Crippen molar-refractivity contribution in [2.45, 2.75) is 13.8 Å². The van der Waals surface area contributed by atoms with E-state index in [2.05, 4.69) is 9.97 Å². The van der Waals surface area contributed by atoms with Gasteiger partial charge in [0.05, 0.1) is 37.0 Å². The minimum absolute atomic E-state index is 0.0428. The zero-order valence-electron chi connectivity index (χ0n) is 19.4. The van der Waals surface area contributed by atoms with E-state index < -0.39 is 15.6 Å². The monoisotopic (exact) mass is 534 g/mol. The molecule has 0 amide bonds. The minimum Gasteiger partial charge on any atom is -0.402 e. The zero-order chi connectivity index (χ0) is 25.8. The lowest BCUT2D eigenvalue weighted by Crippen LogP contribution is -1.97. The van der Waals surface area contributed by atoms with Crippen LogP contribution in [-0.2, 0) is 18.2 Å². The summed E-state index contributed by atoms with van der Waals surface area (Å²) in [6.45, 7) is 3.28. The van der Waals surface area contributed by atoms with E-state index in [4.69, 9.17) is 18.1 Å². The third kappa shape index (κ3) is 6.50. The Morgan fingerprint density at radius 2 is 1.17 bits per heavy atom. The molecule has 2 N–H and O–H groups in total. The van der Waals surface area contributed by atoms with Crippen LogP contribution in [0.1, 0.15) is 13.8 Å². The van der Waals surface area contributed by atoms with Crippen molar-refractivity contribution in [1.29, 1.82) is 0 Å². The van der Waals surface area contributed by atoms with Crippen LogP contribution in [0.5, 0.6) is 11.5 Å². The Hall–Kier alpha value is -3.24. The summed E-state index contributed by atoms with van der Waals surface area (Å²) in [5, 5.41) is 0. The first-order valence-corrected chi connectivity index (χ1v) is 13.8. The number of pyridine rings is 2. The van der Waals surface area contributed by atoms with E-state index in [1.165, 1.54) is 0 Å². The molecule has 4 heterocycles. The second kappa shape index (κ2) is 10.8. The second-order valence-electron chi connectivity index (χ2n) is 7.26. The van der Waals surface area contributed by atoms with Crippen LogP contribution in [0.2, 0.25) is 0 Å². The van der Waals surface area contributed by atoms with E-state index >= 15 is 0 Å². The van der Waals surface area contributed by atoms with Crippen molar-refractivity contribution in [3.05, 3.63) is 73.6 Å². The third-order valence-electron chi connectivity index (χ3n) is 4.70. The Morgan fingerprint density at radius 3 is 1.56 bits per heavy atom. The fourth-order valence-electron chi connectivity index (χ4n) is 3.27. The Bertz CT molecular complexity index is 1330. The van der Waals surface area contributed by atoms with Gasteiger partial charge in [0.15, 0.2) is 0 Å². The Kier molecular flexibility index (Phi) is 7.75. The van der Waals surface area contributed by atoms with Crippen molar-refractivity contribution < 1.29 is 37.0 Å². The molecule has 12 nitrogen and oxygen atoms in total. The van der Waals surface area contributed by atoms with Gasteiger partial charge in [0.25, 0.3) is 0 Å². The molecule has 14 heteroatoms. The third-order valence-corrected chi connectivity index (χ3v) is 6.76. The Balaban J connectivity index is 1.55. The number of nitrogens with zero attached hydrogens (tertiary/aromatic N) is 4. The van der Waals surface area contributed by atoms with Crippen LogP contribution in [0, 0.1) is 0 Å². The summed E-state index contributed by atoms with van der Waals surface area (Å²) in [6.07, 6.45) is 9.68. The first-order chi connectivity index (χ1) is 17.2. The average molecular weight is 534 g/mol. The molecule has 4 rings (SSSR count). The van der Waals surface area contributed by atoms with Crippen molar-refractivity contribution in [3.8, 4) is 34.3 Å². The summed E-state index contributed by atoms with van der Waals surface area (Å²) in [7, 11) is -8.36. The van der Waals surface area contributed by atoms with Crippen LogP contribution in [0.4, 0.5) is 0 Å². The molecule has 190 valence electrons. The molecule has 2 atom stereocenters. The molecule has 0 fully saturated rings. The molecule has 0 aliphatic heterocycles. The molecular formula is C22H24N4O8P2. The van der Waals surface area contributed by atoms with Gasteiger partial charge in [-0.25, -0.2) is 9.13 Å². The van der Waals surface area contributed by atoms with E-state index in [9.17, 15) is 18.9 Å². The highest BCUT2D eigenvalue weighted by molar-refractivity contribution is 7.48. The predicted octanol–water partition coefficient (Wildman–Crippen LogP) is 4.76. The number of aromatic nitrogens is 4. The molecule has 0 aliphatic rings. The molecule has 0 aromatic carbocycles. The summed E-state index contributed by atoms with van der Waals surface area (Å²) < 4.78 is 46.7. The van der Waals surface area contributed by atoms with Gasteiger partial charge < -0.3 is 18.2 Å². The summed E-state index contributed by atoms with van der Waals surface area (Å²) in [5.74, 6) is 0.352. The van der Waals surface area contributed by atoms with Gasteiger partial charge in [-0.15, -0.1) is 0 Å². The fourth-order valence-corrected chi connectivity index (χ4v) is 4.78. The Labute approximate surface area is 206 Å². The molecule has 0 bridgehead atoms. The highest BCUT2D eigenvalue weighted by Gasteiger charge is 2.23. The molecule has 36 heavy (non-hydrogen) atoms. The van der Waals surface area contributed by atoms with Crippen molar-refractivity contribution in [2.75, 3.05) is 13.2 Å². The summed E-state index contributed by atoms with van der Waals surface area (Å²) in [5.41, 5.74) is 2.59. The lowest BCUT2D eigenvalue weighted by atomic mass is 10.2. The van der Waals surface area contributed by atoms with Crippen LogP contribution < -0.4 is 9.05 Å². The average Bonchev–Trinajstić information content (AvgIpc) is 3.48. The van der Waals surface area contributed by atoms with E-state index in [0.717, 1.165) is 11.4 Å². The molecule has 0 spiro atoms. The van der Waals surface area contributed by atoms with Gasteiger partial charge in [-0.2, -0.15) is 0 Å². The highest BCUT2D eigenvalue weighted by atomic mass is 31.2. The van der Waals surface area contributed by atoms with Crippen LogP contribution in [0.3, 0.4) is 0 Å². The van der Waals surface area contributed by atoms with Gasteiger partial charge in [0, 0.05) is 36.2 Å². The van der Waals surface area contributed by atoms with Crippen LogP contribution in [0.15, 0.2) is 73.6 Å². The molecule has 4 aromatic heterocycles. The topological polar surface area (TPSA) is 147 Å². The smallest absolute Gasteiger partial charge is 0.402 e. The second-order valence-corrected chi connectivity index (χ2v) is 10.0. The molecule has 4 aromatic rings. The quantitative estimate of drug-likeness (QED) is 0.258. The van der Waals surface area contributed by atoms with Gasteiger partial charge in [-0.1, -0.05) is 0 Å². The van der Waals surface area contributed by atoms with Gasteiger partial charge in [0.2, 0.25) is 0 Å². The molecule has 0 radical (unpaired) electrons. The van der Waals surface area contributed by atoms with Crippen molar-refractivity contribution >= 4 is 15.6 Å². The van der Waals surface area contributed by atoms with E-state index in [1.54, 1.807) is 96.6 Å². The SMILES string of the molecule is CCOP(=O)(O)Oc1ccn(-c2ccnc(-c3cc(-n4ccc(OP(=O)(O)OCC)c4)ccn3)c2)c1. The highest BCUT2D eigenvalue weighted by Crippen LogP contribution is 2.44. The number of hydrogen-bond acceptors (Lipinski definition) is 8. The minimum atomic E-state index is -4.18. The summed E-state index contributed by atoms with van der Waals surface area (Å²) in [6, 6.07) is 10.2. The zero-order valence-corrected chi connectivity index (χ0v) is 21.2. The molecule has 0 aliphatic carbocycles. The van der Waals surface area contributed by atoms with Crippen LogP contribution in [-0.4, -0.2) is 42.1 Å². The van der Waals surface area contributed by atoms with Gasteiger partial charge in [0.1, 0.15) is 11.5 Å². The first kappa shape index (κ1) is 25.8. The summed E-state index contributed by atoms with van der Waals surface area (Å²) >= 11 is 0. The lowest BCUT2D eigenvalue weighted by Gasteiger charge is -2.10. The number of phosphoric acid groups is 2. The van der Waals surface area contributed by atoms with Crippen LogP contribution in [0.25, 0.3) is 22.8 Å². The standard InChI is InChI=1S/C22H24N4O8P2/c1-3-31-35(27,28)33-19-7-11-25(15-19)17-5-9-23-21(13-17)22-14-18(6-10-24-22)26-12-8-20(16-26)34-36(29,30)32-4-2/h5-16H,3-4H2,1-2H3,(H,27,28)(H,29,30). The number of hydrogen-bond donors (Lipinski definition) is 2. The van der Waals surface area contributed by atoms with E-state index in [1.807, 2.05) is 0 Å². The maximum Gasteiger partial charge on any atom is 0.527 e.